The topological polar surface area (TPSA) is 53.1 Å². The molecule has 0 aromatic carbocycles. The Labute approximate surface area is 97.8 Å². The van der Waals surface area contributed by atoms with Crippen molar-refractivity contribution in [3.05, 3.63) is 17.5 Å². The van der Waals surface area contributed by atoms with Crippen molar-refractivity contribution in [2.24, 2.45) is 5.73 Å². The third-order valence-electron chi connectivity index (χ3n) is 2.76. The van der Waals surface area contributed by atoms with Gasteiger partial charge in [0.1, 0.15) is 0 Å². The smallest absolute Gasteiger partial charge is 0.0701 e. The summed E-state index contributed by atoms with van der Waals surface area (Å²) >= 11 is 0. The van der Waals surface area contributed by atoms with Crippen molar-refractivity contribution in [2.45, 2.75) is 52.8 Å². The summed E-state index contributed by atoms with van der Waals surface area (Å²) < 4.78 is 7.51. The number of ether oxygens (including phenoxy) is 1. The number of hydrogen-bond acceptors (Lipinski definition) is 3. The number of hydrogen-bond donors (Lipinski definition) is 1. The first-order valence-corrected chi connectivity index (χ1v) is 5.99. The molecule has 0 aliphatic heterocycles. The standard InChI is InChI=1S/C12H23N3O/c1-5-15-11(7-9(3)14-15)8-12(13)10(4)16-6-2/h7,10,12H,5-6,8,13H2,1-4H3. The molecule has 2 unspecified atom stereocenters. The zero-order valence-corrected chi connectivity index (χ0v) is 10.7. The Hall–Kier alpha value is -0.870. The van der Waals surface area contributed by atoms with E-state index in [9.17, 15) is 0 Å². The van der Waals surface area contributed by atoms with Gasteiger partial charge < -0.3 is 10.5 Å². The zero-order chi connectivity index (χ0) is 12.1. The lowest BCUT2D eigenvalue weighted by Gasteiger charge is -2.19. The molecule has 0 saturated carbocycles. The van der Waals surface area contributed by atoms with E-state index in [4.69, 9.17) is 10.5 Å². The fourth-order valence-electron chi connectivity index (χ4n) is 1.83. The van der Waals surface area contributed by atoms with Crippen LogP contribution in [0, 0.1) is 6.92 Å². The molecule has 1 heterocycles. The van der Waals surface area contributed by atoms with E-state index < -0.39 is 0 Å². The van der Waals surface area contributed by atoms with E-state index in [2.05, 4.69) is 18.1 Å². The number of nitrogens with zero attached hydrogens (tertiary/aromatic N) is 2. The second-order valence-electron chi connectivity index (χ2n) is 4.12. The van der Waals surface area contributed by atoms with Crippen LogP contribution < -0.4 is 5.73 Å². The number of aryl methyl sites for hydroxylation is 2. The average Bonchev–Trinajstić information content (AvgIpc) is 2.59. The summed E-state index contributed by atoms with van der Waals surface area (Å²) in [6.07, 6.45) is 0.904. The van der Waals surface area contributed by atoms with Gasteiger partial charge in [0, 0.05) is 31.3 Å². The molecule has 0 amide bonds. The van der Waals surface area contributed by atoms with Crippen LogP contribution in [0.2, 0.25) is 0 Å². The number of nitrogens with two attached hydrogens (primary N) is 1. The quantitative estimate of drug-likeness (QED) is 0.798. The molecule has 4 nitrogen and oxygen atoms in total. The van der Waals surface area contributed by atoms with Gasteiger partial charge in [0.05, 0.1) is 11.8 Å². The highest BCUT2D eigenvalue weighted by molar-refractivity contribution is 5.10. The number of rotatable bonds is 6. The van der Waals surface area contributed by atoms with Crippen LogP contribution in [0.1, 0.15) is 32.2 Å². The van der Waals surface area contributed by atoms with Crippen molar-refractivity contribution in [2.75, 3.05) is 6.61 Å². The molecule has 2 atom stereocenters. The fraction of sp³-hybridized carbons (Fsp3) is 0.750. The lowest BCUT2D eigenvalue weighted by Crippen LogP contribution is -2.37. The van der Waals surface area contributed by atoms with Crippen LogP contribution in [0.3, 0.4) is 0 Å². The van der Waals surface area contributed by atoms with E-state index in [0.29, 0.717) is 6.61 Å². The van der Waals surface area contributed by atoms with Gasteiger partial charge in [-0.3, -0.25) is 4.68 Å². The third kappa shape index (κ3) is 3.32. The fourth-order valence-corrected chi connectivity index (χ4v) is 1.83. The maximum Gasteiger partial charge on any atom is 0.0701 e. The minimum absolute atomic E-state index is 0.0290. The summed E-state index contributed by atoms with van der Waals surface area (Å²) in [5, 5.41) is 4.41. The van der Waals surface area contributed by atoms with Gasteiger partial charge in [-0.15, -0.1) is 0 Å². The maximum atomic E-state index is 6.10. The molecule has 1 aromatic rings. The molecule has 0 bridgehead atoms. The normalized spacial score (nSPS) is 15.1. The van der Waals surface area contributed by atoms with E-state index in [0.717, 1.165) is 18.7 Å². The Bertz CT molecular complexity index is 322. The minimum Gasteiger partial charge on any atom is -0.377 e. The molecule has 1 rings (SSSR count). The second kappa shape index (κ2) is 6.01. The van der Waals surface area contributed by atoms with Gasteiger partial charge in [-0.2, -0.15) is 5.10 Å². The van der Waals surface area contributed by atoms with Gasteiger partial charge in [0.25, 0.3) is 0 Å². The van der Waals surface area contributed by atoms with E-state index >= 15 is 0 Å². The molecular formula is C12H23N3O. The van der Waals surface area contributed by atoms with Crippen molar-refractivity contribution in [1.82, 2.24) is 9.78 Å². The summed E-state index contributed by atoms with van der Waals surface area (Å²) in [5.41, 5.74) is 8.34. The van der Waals surface area contributed by atoms with E-state index in [1.165, 1.54) is 5.69 Å². The molecule has 2 N–H and O–H groups in total. The average molecular weight is 225 g/mol. The molecule has 0 fully saturated rings. The molecule has 92 valence electrons. The van der Waals surface area contributed by atoms with Crippen LogP contribution in [0.25, 0.3) is 0 Å². The van der Waals surface area contributed by atoms with Gasteiger partial charge in [0.2, 0.25) is 0 Å². The predicted octanol–water partition coefficient (Wildman–Crippen LogP) is 1.51. The second-order valence-corrected chi connectivity index (χ2v) is 4.12. The van der Waals surface area contributed by atoms with Gasteiger partial charge >= 0.3 is 0 Å². The molecule has 0 aliphatic carbocycles. The van der Waals surface area contributed by atoms with Crippen molar-refractivity contribution < 1.29 is 4.74 Å². The van der Waals surface area contributed by atoms with Crippen LogP contribution in [0.5, 0.6) is 0 Å². The molecule has 0 saturated heterocycles. The SMILES string of the molecule is CCOC(C)C(N)Cc1cc(C)nn1CC. The maximum absolute atomic E-state index is 6.10. The van der Waals surface area contributed by atoms with Crippen molar-refractivity contribution in [3.63, 3.8) is 0 Å². The Morgan fingerprint density at radius 3 is 2.75 bits per heavy atom. The monoisotopic (exact) mass is 225 g/mol. The van der Waals surface area contributed by atoms with E-state index in [1.54, 1.807) is 0 Å². The first-order chi connectivity index (χ1) is 7.58. The molecule has 0 radical (unpaired) electrons. The molecule has 0 aliphatic rings. The highest BCUT2D eigenvalue weighted by atomic mass is 16.5. The minimum atomic E-state index is 0.0290. The van der Waals surface area contributed by atoms with Crippen molar-refractivity contribution >= 4 is 0 Å². The Morgan fingerprint density at radius 2 is 2.19 bits per heavy atom. The molecule has 0 spiro atoms. The number of aromatic nitrogens is 2. The van der Waals surface area contributed by atoms with Gasteiger partial charge in [0.15, 0.2) is 0 Å². The highest BCUT2D eigenvalue weighted by Crippen LogP contribution is 2.09. The lowest BCUT2D eigenvalue weighted by molar-refractivity contribution is 0.0572. The summed E-state index contributed by atoms with van der Waals surface area (Å²) in [6.45, 7) is 9.71. The summed E-state index contributed by atoms with van der Waals surface area (Å²) in [4.78, 5) is 0. The molecule has 4 heteroatoms. The van der Waals surface area contributed by atoms with Gasteiger partial charge in [-0.25, -0.2) is 0 Å². The van der Waals surface area contributed by atoms with Crippen LogP contribution in [0.4, 0.5) is 0 Å². The van der Waals surface area contributed by atoms with E-state index in [1.807, 2.05) is 25.5 Å². The van der Waals surface area contributed by atoms with Gasteiger partial charge in [-0.05, 0) is 33.8 Å². The summed E-state index contributed by atoms with van der Waals surface area (Å²) in [7, 11) is 0. The Kier molecular flexibility index (Phi) is 4.96. The largest absolute Gasteiger partial charge is 0.377 e. The highest BCUT2D eigenvalue weighted by Gasteiger charge is 2.15. The van der Waals surface area contributed by atoms with Crippen LogP contribution >= 0.6 is 0 Å². The summed E-state index contributed by atoms with van der Waals surface area (Å²) in [6, 6.07) is 2.13. The lowest BCUT2D eigenvalue weighted by atomic mass is 10.1. The summed E-state index contributed by atoms with van der Waals surface area (Å²) in [5.74, 6) is 0. The molecular weight excluding hydrogens is 202 g/mol. The van der Waals surface area contributed by atoms with Crippen LogP contribution in [0.15, 0.2) is 6.07 Å². The van der Waals surface area contributed by atoms with E-state index in [-0.39, 0.29) is 12.1 Å². The Balaban J connectivity index is 2.64. The first-order valence-electron chi connectivity index (χ1n) is 5.99. The van der Waals surface area contributed by atoms with Crippen LogP contribution in [-0.2, 0) is 17.7 Å². The Morgan fingerprint density at radius 1 is 1.50 bits per heavy atom. The molecule has 16 heavy (non-hydrogen) atoms. The predicted molar refractivity (Wildman–Crippen MR) is 65.4 cm³/mol. The van der Waals surface area contributed by atoms with Crippen molar-refractivity contribution in [1.29, 1.82) is 0 Å². The van der Waals surface area contributed by atoms with Crippen molar-refractivity contribution in [3.8, 4) is 0 Å². The third-order valence-corrected chi connectivity index (χ3v) is 2.76. The van der Waals surface area contributed by atoms with Crippen LogP contribution in [-0.4, -0.2) is 28.5 Å². The molecule has 1 aromatic heterocycles. The zero-order valence-electron chi connectivity index (χ0n) is 10.7. The first kappa shape index (κ1) is 13.2. The van der Waals surface area contributed by atoms with Gasteiger partial charge in [-0.1, -0.05) is 0 Å².